The lowest BCUT2D eigenvalue weighted by Crippen LogP contribution is -1.91. The van der Waals surface area contributed by atoms with Gasteiger partial charge in [-0.15, -0.1) is 0 Å². The second-order valence-electron chi connectivity index (χ2n) is 3.81. The summed E-state index contributed by atoms with van der Waals surface area (Å²) in [5.41, 5.74) is 3.42. The Labute approximate surface area is 124 Å². The standard InChI is InChI=1S/C15H13Br2N/c1-18-15-8-4-7-14(17)12(15)10-9-11-5-2-3-6-13(11)16/h2-10,18H,1H3/b10-9+. The Morgan fingerprint density at radius 1 is 0.889 bits per heavy atom. The predicted molar refractivity (Wildman–Crippen MR) is 86.8 cm³/mol. The van der Waals surface area contributed by atoms with Crippen LogP contribution in [0.1, 0.15) is 11.1 Å². The van der Waals surface area contributed by atoms with E-state index < -0.39 is 0 Å². The fraction of sp³-hybridized carbons (Fsp3) is 0.0667. The van der Waals surface area contributed by atoms with Gasteiger partial charge < -0.3 is 5.32 Å². The van der Waals surface area contributed by atoms with Crippen molar-refractivity contribution in [3.05, 3.63) is 62.5 Å². The summed E-state index contributed by atoms with van der Waals surface area (Å²) >= 11 is 7.12. The molecule has 0 aromatic heterocycles. The van der Waals surface area contributed by atoms with Crippen molar-refractivity contribution in [1.82, 2.24) is 0 Å². The van der Waals surface area contributed by atoms with E-state index in [0.717, 1.165) is 25.8 Å². The predicted octanol–water partition coefficient (Wildman–Crippen LogP) is 5.42. The zero-order chi connectivity index (χ0) is 13.0. The van der Waals surface area contributed by atoms with Crippen LogP contribution in [0, 0.1) is 0 Å². The number of rotatable bonds is 3. The molecule has 0 fully saturated rings. The van der Waals surface area contributed by atoms with Crippen molar-refractivity contribution in [3.63, 3.8) is 0 Å². The zero-order valence-electron chi connectivity index (χ0n) is 9.95. The Morgan fingerprint density at radius 2 is 1.61 bits per heavy atom. The number of hydrogen-bond donors (Lipinski definition) is 1. The molecule has 0 radical (unpaired) electrons. The minimum atomic E-state index is 1.08. The van der Waals surface area contributed by atoms with E-state index in [2.05, 4.69) is 61.5 Å². The van der Waals surface area contributed by atoms with Gasteiger partial charge in [0, 0.05) is 27.2 Å². The molecule has 1 nitrogen and oxygen atoms in total. The number of halogens is 2. The van der Waals surface area contributed by atoms with Gasteiger partial charge in [-0.25, -0.2) is 0 Å². The van der Waals surface area contributed by atoms with Gasteiger partial charge in [0.05, 0.1) is 0 Å². The van der Waals surface area contributed by atoms with Gasteiger partial charge in [-0.05, 0) is 23.8 Å². The van der Waals surface area contributed by atoms with Crippen molar-refractivity contribution >= 4 is 49.7 Å². The summed E-state index contributed by atoms with van der Waals surface area (Å²) in [5.74, 6) is 0. The molecule has 0 aliphatic rings. The van der Waals surface area contributed by atoms with Crippen LogP contribution in [0.4, 0.5) is 5.69 Å². The molecule has 0 unspecified atom stereocenters. The molecule has 0 spiro atoms. The van der Waals surface area contributed by atoms with E-state index in [9.17, 15) is 0 Å². The summed E-state index contributed by atoms with van der Waals surface area (Å²) in [5, 5.41) is 3.19. The highest BCUT2D eigenvalue weighted by molar-refractivity contribution is 9.10. The van der Waals surface area contributed by atoms with E-state index in [1.54, 1.807) is 0 Å². The van der Waals surface area contributed by atoms with Crippen molar-refractivity contribution in [2.45, 2.75) is 0 Å². The normalized spacial score (nSPS) is 10.8. The van der Waals surface area contributed by atoms with Crippen LogP contribution < -0.4 is 5.32 Å². The first-order valence-electron chi connectivity index (χ1n) is 5.61. The number of hydrogen-bond acceptors (Lipinski definition) is 1. The van der Waals surface area contributed by atoms with E-state index in [0.29, 0.717) is 0 Å². The molecule has 0 aliphatic heterocycles. The summed E-state index contributed by atoms with van der Waals surface area (Å²) < 4.78 is 2.18. The SMILES string of the molecule is CNc1cccc(Br)c1/C=C/c1ccccc1Br. The number of nitrogens with one attached hydrogen (secondary N) is 1. The third kappa shape index (κ3) is 3.03. The monoisotopic (exact) mass is 365 g/mol. The van der Waals surface area contributed by atoms with Gasteiger partial charge in [0.2, 0.25) is 0 Å². The molecule has 3 heteroatoms. The average molecular weight is 367 g/mol. The van der Waals surface area contributed by atoms with Gasteiger partial charge in [-0.3, -0.25) is 0 Å². The largest absolute Gasteiger partial charge is 0.388 e. The maximum atomic E-state index is 3.58. The average Bonchev–Trinajstić information content (AvgIpc) is 2.39. The van der Waals surface area contributed by atoms with Gasteiger partial charge in [0.25, 0.3) is 0 Å². The molecule has 0 aliphatic carbocycles. The van der Waals surface area contributed by atoms with Crippen molar-refractivity contribution < 1.29 is 0 Å². The van der Waals surface area contributed by atoms with Gasteiger partial charge in [-0.2, -0.15) is 0 Å². The summed E-state index contributed by atoms with van der Waals surface area (Å²) in [7, 11) is 1.93. The minimum absolute atomic E-state index is 1.08. The van der Waals surface area contributed by atoms with E-state index in [-0.39, 0.29) is 0 Å². The van der Waals surface area contributed by atoms with E-state index in [1.165, 1.54) is 0 Å². The maximum Gasteiger partial charge on any atom is 0.0422 e. The first-order valence-corrected chi connectivity index (χ1v) is 7.20. The lowest BCUT2D eigenvalue weighted by molar-refractivity contribution is 1.48. The molecule has 18 heavy (non-hydrogen) atoms. The molecule has 92 valence electrons. The highest BCUT2D eigenvalue weighted by Gasteiger charge is 2.02. The molecule has 2 aromatic carbocycles. The molecule has 0 saturated carbocycles. The topological polar surface area (TPSA) is 12.0 Å². The highest BCUT2D eigenvalue weighted by atomic mass is 79.9. The fourth-order valence-corrected chi connectivity index (χ4v) is 2.62. The van der Waals surface area contributed by atoms with Crippen LogP contribution >= 0.6 is 31.9 Å². The van der Waals surface area contributed by atoms with Crippen LogP contribution in [0.5, 0.6) is 0 Å². The molecule has 0 heterocycles. The minimum Gasteiger partial charge on any atom is -0.388 e. The zero-order valence-corrected chi connectivity index (χ0v) is 13.1. The highest BCUT2D eigenvalue weighted by Crippen LogP contribution is 2.27. The summed E-state index contributed by atoms with van der Waals surface area (Å²) in [4.78, 5) is 0. The van der Waals surface area contributed by atoms with Crippen molar-refractivity contribution in [1.29, 1.82) is 0 Å². The van der Waals surface area contributed by atoms with E-state index in [4.69, 9.17) is 0 Å². The van der Waals surface area contributed by atoms with E-state index >= 15 is 0 Å². The van der Waals surface area contributed by atoms with Crippen LogP contribution in [-0.4, -0.2) is 7.05 Å². The lowest BCUT2D eigenvalue weighted by atomic mass is 10.1. The molecule has 2 aromatic rings. The maximum absolute atomic E-state index is 3.58. The third-order valence-corrected chi connectivity index (χ3v) is 4.07. The van der Waals surface area contributed by atoms with Crippen molar-refractivity contribution in [2.75, 3.05) is 12.4 Å². The molecular formula is C15H13Br2N. The lowest BCUT2D eigenvalue weighted by Gasteiger charge is -2.07. The van der Waals surface area contributed by atoms with Crippen LogP contribution in [0.25, 0.3) is 12.2 Å². The van der Waals surface area contributed by atoms with Crippen LogP contribution in [0.3, 0.4) is 0 Å². The van der Waals surface area contributed by atoms with Crippen LogP contribution in [0.15, 0.2) is 51.4 Å². The Balaban J connectivity index is 2.38. The van der Waals surface area contributed by atoms with Crippen LogP contribution in [0.2, 0.25) is 0 Å². The molecule has 0 bridgehead atoms. The Bertz CT molecular complexity index is 576. The molecule has 2 rings (SSSR count). The smallest absolute Gasteiger partial charge is 0.0422 e. The van der Waals surface area contributed by atoms with Crippen LogP contribution in [-0.2, 0) is 0 Å². The van der Waals surface area contributed by atoms with E-state index in [1.807, 2.05) is 37.4 Å². The summed E-state index contributed by atoms with van der Waals surface area (Å²) in [6, 6.07) is 14.3. The molecule has 0 amide bonds. The fourth-order valence-electron chi connectivity index (χ4n) is 1.71. The second-order valence-corrected chi connectivity index (χ2v) is 5.51. The number of anilines is 1. The Hall–Kier alpha value is -1.06. The Morgan fingerprint density at radius 3 is 2.33 bits per heavy atom. The molecular weight excluding hydrogens is 354 g/mol. The van der Waals surface area contributed by atoms with Gasteiger partial charge in [-0.1, -0.05) is 68.3 Å². The summed E-state index contributed by atoms with van der Waals surface area (Å²) in [6.45, 7) is 0. The first kappa shape index (κ1) is 13.4. The number of benzene rings is 2. The summed E-state index contributed by atoms with van der Waals surface area (Å²) in [6.07, 6.45) is 4.21. The Kier molecular flexibility index (Phi) is 4.61. The van der Waals surface area contributed by atoms with Gasteiger partial charge in [0.1, 0.15) is 0 Å². The molecule has 0 atom stereocenters. The third-order valence-electron chi connectivity index (χ3n) is 2.66. The quantitative estimate of drug-likeness (QED) is 0.714. The second kappa shape index (κ2) is 6.21. The first-order chi connectivity index (χ1) is 8.72. The van der Waals surface area contributed by atoms with Crippen molar-refractivity contribution in [3.8, 4) is 0 Å². The molecule has 1 N–H and O–H groups in total. The van der Waals surface area contributed by atoms with Crippen molar-refractivity contribution in [2.24, 2.45) is 0 Å². The van der Waals surface area contributed by atoms with Gasteiger partial charge >= 0.3 is 0 Å². The molecule has 0 saturated heterocycles. The van der Waals surface area contributed by atoms with Gasteiger partial charge in [0.15, 0.2) is 0 Å².